The summed E-state index contributed by atoms with van der Waals surface area (Å²) in [4.78, 5) is 0. The van der Waals surface area contributed by atoms with E-state index in [1.54, 1.807) is 0 Å². The van der Waals surface area contributed by atoms with Gasteiger partial charge in [-0.2, -0.15) is 0 Å². The molecule has 6 rings (SSSR count). The predicted molar refractivity (Wildman–Crippen MR) is 119 cm³/mol. The zero-order chi connectivity index (χ0) is 21.8. The molecule has 4 nitrogen and oxygen atoms in total. The van der Waals surface area contributed by atoms with Gasteiger partial charge in [0.2, 0.25) is 0 Å². The van der Waals surface area contributed by atoms with Gasteiger partial charge in [-0.3, -0.25) is 0 Å². The van der Waals surface area contributed by atoms with Gasteiger partial charge in [-0.05, 0) is 97.7 Å². The fourth-order valence-corrected chi connectivity index (χ4v) is 10.3. The highest BCUT2D eigenvalue weighted by atomic mass is 16.7. The molecule has 4 heteroatoms. The van der Waals surface area contributed by atoms with Crippen LogP contribution >= 0.6 is 0 Å². The maximum Gasteiger partial charge on any atom is 0.171 e. The summed E-state index contributed by atoms with van der Waals surface area (Å²) >= 11 is 0. The van der Waals surface area contributed by atoms with Crippen molar-refractivity contribution < 1.29 is 19.7 Å². The quantitative estimate of drug-likeness (QED) is 0.579. The normalized spacial score (nSPS) is 63.3. The highest BCUT2D eigenvalue weighted by Crippen LogP contribution is 2.71. The molecule has 176 valence electrons. The van der Waals surface area contributed by atoms with Gasteiger partial charge in [-0.15, -0.1) is 0 Å². The average molecular weight is 433 g/mol. The van der Waals surface area contributed by atoms with Gasteiger partial charge in [0.15, 0.2) is 5.79 Å². The van der Waals surface area contributed by atoms with Crippen LogP contribution in [0.2, 0.25) is 0 Å². The standard InChI is InChI=1S/C27H44O4/c1-15-5-10-27(30-14-15)16(2)24-23(31-27)13-20-18-12-22(29)21-11-17(28)6-8-25(21,3)19(18)7-9-26(20,24)4/h15-24,28-29H,5-14H2,1-4H3/t15-,16+,17-,18+,19-,20-,21+,22-,23-,24-,25+,26-,27+/m0/s1. The Labute approximate surface area is 188 Å². The van der Waals surface area contributed by atoms with E-state index in [4.69, 9.17) is 9.47 Å². The summed E-state index contributed by atoms with van der Waals surface area (Å²) in [5, 5.41) is 21.5. The van der Waals surface area contributed by atoms with Crippen molar-refractivity contribution in [2.24, 2.45) is 52.3 Å². The van der Waals surface area contributed by atoms with Crippen molar-refractivity contribution >= 4 is 0 Å². The van der Waals surface area contributed by atoms with Crippen molar-refractivity contribution in [3.05, 3.63) is 0 Å². The highest BCUT2D eigenvalue weighted by Gasteiger charge is 2.69. The topological polar surface area (TPSA) is 58.9 Å². The van der Waals surface area contributed by atoms with Gasteiger partial charge in [0, 0.05) is 12.3 Å². The van der Waals surface area contributed by atoms with Gasteiger partial charge in [0.25, 0.3) is 0 Å². The number of ether oxygens (including phenoxy) is 2. The second-order valence-electron chi connectivity index (χ2n) is 13.2. The molecule has 2 heterocycles. The number of hydrogen-bond acceptors (Lipinski definition) is 4. The summed E-state index contributed by atoms with van der Waals surface area (Å²) in [5.74, 6) is 3.58. The van der Waals surface area contributed by atoms with Crippen LogP contribution < -0.4 is 0 Å². The summed E-state index contributed by atoms with van der Waals surface area (Å²) < 4.78 is 13.3. The second-order valence-corrected chi connectivity index (χ2v) is 13.2. The minimum absolute atomic E-state index is 0.191. The summed E-state index contributed by atoms with van der Waals surface area (Å²) in [6.45, 7) is 10.6. The molecule has 13 atom stereocenters. The summed E-state index contributed by atoms with van der Waals surface area (Å²) in [6.07, 6.45) is 9.58. The summed E-state index contributed by atoms with van der Waals surface area (Å²) in [6, 6.07) is 0. The lowest BCUT2D eigenvalue weighted by Crippen LogP contribution is -2.58. The van der Waals surface area contributed by atoms with Crippen LogP contribution in [0.15, 0.2) is 0 Å². The summed E-state index contributed by atoms with van der Waals surface area (Å²) in [7, 11) is 0. The Kier molecular flexibility index (Phi) is 4.78. The molecular formula is C27H44O4. The van der Waals surface area contributed by atoms with E-state index in [-0.39, 0.29) is 29.3 Å². The summed E-state index contributed by atoms with van der Waals surface area (Å²) in [5.41, 5.74) is 0.495. The molecule has 0 unspecified atom stereocenters. The number of fused-ring (bicyclic) bond motifs is 7. The minimum Gasteiger partial charge on any atom is -0.393 e. The van der Waals surface area contributed by atoms with Crippen LogP contribution in [0.5, 0.6) is 0 Å². The third-order valence-electron chi connectivity index (χ3n) is 11.9. The first-order valence-electron chi connectivity index (χ1n) is 13.4. The van der Waals surface area contributed by atoms with Gasteiger partial charge in [0.1, 0.15) is 0 Å². The highest BCUT2D eigenvalue weighted by molar-refractivity contribution is 5.16. The van der Waals surface area contributed by atoms with Crippen molar-refractivity contribution in [1.82, 2.24) is 0 Å². The monoisotopic (exact) mass is 432 g/mol. The van der Waals surface area contributed by atoms with E-state index in [9.17, 15) is 10.2 Å². The van der Waals surface area contributed by atoms with Crippen LogP contribution in [0.3, 0.4) is 0 Å². The third-order valence-corrected chi connectivity index (χ3v) is 11.9. The lowest BCUT2D eigenvalue weighted by molar-refractivity contribution is -0.273. The molecular weight excluding hydrogens is 388 g/mol. The zero-order valence-electron chi connectivity index (χ0n) is 20.1. The van der Waals surface area contributed by atoms with E-state index in [1.807, 2.05) is 0 Å². The molecule has 31 heavy (non-hydrogen) atoms. The predicted octanol–water partition coefficient (Wildman–Crippen LogP) is 4.76. The SMILES string of the molecule is C[C@H]1CC[C@@]2(OC1)O[C@H]1C[C@H]3[C@@H]4C[C@H](O)[C@H]5C[C@@H](O)CC[C@]5(C)[C@H]4CC[C@]3(C)[C@H]1[C@H]2C. The Bertz CT molecular complexity index is 716. The van der Waals surface area contributed by atoms with E-state index < -0.39 is 0 Å². The van der Waals surface area contributed by atoms with Crippen LogP contribution in [0.1, 0.15) is 85.5 Å². The van der Waals surface area contributed by atoms with E-state index in [1.165, 1.54) is 19.3 Å². The molecule has 0 aromatic heterocycles. The van der Waals surface area contributed by atoms with Crippen LogP contribution in [-0.2, 0) is 9.47 Å². The molecule has 0 bridgehead atoms. The van der Waals surface area contributed by atoms with Gasteiger partial charge in [-0.25, -0.2) is 0 Å². The van der Waals surface area contributed by atoms with Crippen molar-refractivity contribution in [1.29, 1.82) is 0 Å². The number of rotatable bonds is 0. The smallest absolute Gasteiger partial charge is 0.171 e. The fourth-order valence-electron chi connectivity index (χ4n) is 10.3. The van der Waals surface area contributed by atoms with E-state index in [2.05, 4.69) is 27.7 Å². The van der Waals surface area contributed by atoms with E-state index in [0.29, 0.717) is 47.0 Å². The zero-order valence-corrected chi connectivity index (χ0v) is 20.1. The molecule has 0 aromatic carbocycles. The number of aliphatic hydroxyl groups excluding tert-OH is 2. The first-order valence-corrected chi connectivity index (χ1v) is 13.4. The number of aliphatic hydroxyl groups is 2. The molecule has 0 radical (unpaired) electrons. The maximum atomic E-state index is 11.2. The fraction of sp³-hybridized carbons (Fsp3) is 1.00. The van der Waals surface area contributed by atoms with Gasteiger partial charge in [-0.1, -0.05) is 27.7 Å². The van der Waals surface area contributed by atoms with Gasteiger partial charge in [0.05, 0.1) is 24.9 Å². The molecule has 2 saturated heterocycles. The lowest BCUT2D eigenvalue weighted by atomic mass is 9.43. The molecule has 1 spiro atoms. The van der Waals surface area contributed by atoms with Crippen LogP contribution in [0.4, 0.5) is 0 Å². The largest absolute Gasteiger partial charge is 0.393 e. The Balaban J connectivity index is 1.28. The van der Waals surface area contributed by atoms with Crippen molar-refractivity contribution in [2.45, 2.75) is 110 Å². The average Bonchev–Trinajstić information content (AvgIpc) is 3.17. The first-order chi connectivity index (χ1) is 14.7. The van der Waals surface area contributed by atoms with Gasteiger partial charge < -0.3 is 19.7 Å². The molecule has 0 aromatic rings. The Morgan fingerprint density at radius 2 is 1.58 bits per heavy atom. The Morgan fingerprint density at radius 1 is 0.806 bits per heavy atom. The van der Waals surface area contributed by atoms with Crippen LogP contribution in [0, 0.1) is 52.3 Å². The molecule has 2 N–H and O–H groups in total. The molecule has 0 amide bonds. The molecule has 4 saturated carbocycles. The Morgan fingerprint density at radius 3 is 2.32 bits per heavy atom. The first kappa shape index (κ1) is 21.4. The molecule has 6 aliphatic rings. The third kappa shape index (κ3) is 2.80. The maximum absolute atomic E-state index is 11.2. The minimum atomic E-state index is -0.338. The molecule has 4 aliphatic carbocycles. The lowest BCUT2D eigenvalue weighted by Gasteiger charge is -2.62. The molecule has 2 aliphatic heterocycles. The van der Waals surface area contributed by atoms with E-state index >= 15 is 0 Å². The number of hydrogen-bond donors (Lipinski definition) is 2. The van der Waals surface area contributed by atoms with Crippen LogP contribution in [0.25, 0.3) is 0 Å². The van der Waals surface area contributed by atoms with Crippen molar-refractivity contribution in [3.63, 3.8) is 0 Å². The molecule has 6 fully saturated rings. The second kappa shape index (κ2) is 6.93. The van der Waals surface area contributed by atoms with Crippen molar-refractivity contribution in [2.75, 3.05) is 6.61 Å². The Hall–Kier alpha value is -0.160. The van der Waals surface area contributed by atoms with Crippen LogP contribution in [-0.4, -0.2) is 40.9 Å². The van der Waals surface area contributed by atoms with Gasteiger partial charge >= 0.3 is 0 Å². The van der Waals surface area contributed by atoms with Crippen molar-refractivity contribution in [3.8, 4) is 0 Å². The van der Waals surface area contributed by atoms with E-state index in [0.717, 1.165) is 45.1 Å².